The van der Waals surface area contributed by atoms with Gasteiger partial charge in [-0.2, -0.15) is 4.98 Å². The average Bonchev–Trinajstić information content (AvgIpc) is 3.49. The van der Waals surface area contributed by atoms with E-state index < -0.39 is 0 Å². The summed E-state index contributed by atoms with van der Waals surface area (Å²) < 4.78 is 12.5. The highest BCUT2D eigenvalue weighted by atomic mass is 32.2. The molecule has 1 N–H and O–H groups in total. The van der Waals surface area contributed by atoms with E-state index in [1.54, 1.807) is 7.11 Å². The second-order valence-corrected chi connectivity index (χ2v) is 8.04. The van der Waals surface area contributed by atoms with Gasteiger partial charge in [0.05, 0.1) is 12.9 Å². The minimum absolute atomic E-state index is 0.111. The second-order valence-electron chi connectivity index (χ2n) is 7.09. The zero-order chi connectivity index (χ0) is 23.2. The molecule has 4 aromatic rings. The van der Waals surface area contributed by atoms with Gasteiger partial charge >= 0.3 is 0 Å². The van der Waals surface area contributed by atoms with Crippen LogP contribution in [0.5, 0.6) is 5.75 Å². The Hall–Kier alpha value is -3.66. The molecule has 0 bridgehead atoms. The molecule has 2 heterocycles. The van der Waals surface area contributed by atoms with E-state index in [0.717, 1.165) is 23.4 Å². The molecule has 0 radical (unpaired) electrons. The fourth-order valence-corrected chi connectivity index (χ4v) is 4.01. The molecule has 33 heavy (non-hydrogen) atoms. The van der Waals surface area contributed by atoms with Gasteiger partial charge in [0.25, 0.3) is 5.89 Å². The maximum atomic E-state index is 12.4. The Bertz CT molecular complexity index is 1240. The van der Waals surface area contributed by atoms with Crippen molar-refractivity contribution in [2.45, 2.75) is 32.0 Å². The number of benzene rings is 2. The first kappa shape index (κ1) is 22.5. The number of rotatable bonds is 9. The quantitative estimate of drug-likeness (QED) is 0.365. The molecule has 2 aromatic heterocycles. The van der Waals surface area contributed by atoms with E-state index in [-0.39, 0.29) is 17.6 Å². The van der Waals surface area contributed by atoms with E-state index in [0.29, 0.717) is 23.4 Å². The standard InChI is InChI=1S/C23H24N6O3S/c1-4-15-7-6-8-17(13-15)24-19(30)14-33-23-27-26-21(29(23)5-2)22-25-20(28-32-22)16-9-11-18(31-3)12-10-16/h6-13H,4-5,14H2,1-3H3,(H,24,30). The van der Waals surface area contributed by atoms with E-state index >= 15 is 0 Å². The van der Waals surface area contributed by atoms with Crippen LogP contribution in [0.4, 0.5) is 5.69 Å². The lowest BCUT2D eigenvalue weighted by Gasteiger charge is -2.07. The Morgan fingerprint density at radius 3 is 2.70 bits per heavy atom. The maximum absolute atomic E-state index is 12.4. The lowest BCUT2D eigenvalue weighted by Crippen LogP contribution is -2.14. The van der Waals surface area contributed by atoms with Crippen LogP contribution in [0.1, 0.15) is 19.4 Å². The lowest BCUT2D eigenvalue weighted by molar-refractivity contribution is -0.113. The molecule has 0 aliphatic heterocycles. The van der Waals surface area contributed by atoms with Crippen LogP contribution >= 0.6 is 11.8 Å². The zero-order valence-electron chi connectivity index (χ0n) is 18.6. The van der Waals surface area contributed by atoms with Crippen LogP contribution in [0.15, 0.2) is 58.2 Å². The van der Waals surface area contributed by atoms with Gasteiger partial charge in [-0.1, -0.05) is 36.0 Å². The van der Waals surface area contributed by atoms with E-state index in [1.165, 1.54) is 17.3 Å². The molecule has 0 spiro atoms. The molecule has 0 aliphatic carbocycles. The Morgan fingerprint density at radius 1 is 1.15 bits per heavy atom. The molecule has 9 nitrogen and oxygen atoms in total. The SMILES string of the molecule is CCc1cccc(NC(=O)CSc2nnc(-c3nc(-c4ccc(OC)cc4)no3)n2CC)c1. The molecular formula is C23H24N6O3S. The van der Waals surface area contributed by atoms with Crippen molar-refractivity contribution in [2.24, 2.45) is 0 Å². The van der Waals surface area contributed by atoms with Crippen molar-refractivity contribution in [1.29, 1.82) is 0 Å². The first-order valence-electron chi connectivity index (χ1n) is 10.5. The Kier molecular flexibility index (Phi) is 7.04. The molecule has 4 rings (SSSR count). The third-order valence-electron chi connectivity index (χ3n) is 4.95. The highest BCUT2D eigenvalue weighted by molar-refractivity contribution is 7.99. The van der Waals surface area contributed by atoms with Gasteiger partial charge in [-0.25, -0.2) is 0 Å². The maximum Gasteiger partial charge on any atom is 0.296 e. The first-order chi connectivity index (χ1) is 16.1. The monoisotopic (exact) mass is 464 g/mol. The van der Waals surface area contributed by atoms with Gasteiger partial charge in [0.1, 0.15) is 5.75 Å². The van der Waals surface area contributed by atoms with E-state index in [4.69, 9.17) is 9.26 Å². The van der Waals surface area contributed by atoms with Gasteiger partial charge < -0.3 is 14.6 Å². The fraction of sp³-hybridized carbons (Fsp3) is 0.261. The molecular weight excluding hydrogens is 440 g/mol. The van der Waals surface area contributed by atoms with Gasteiger partial charge in [0, 0.05) is 17.8 Å². The minimum Gasteiger partial charge on any atom is -0.497 e. The Balaban J connectivity index is 1.44. The molecule has 0 unspecified atom stereocenters. The van der Waals surface area contributed by atoms with Crippen LogP contribution < -0.4 is 10.1 Å². The number of carbonyl (C=O) groups excluding carboxylic acids is 1. The highest BCUT2D eigenvalue weighted by Gasteiger charge is 2.20. The second kappa shape index (κ2) is 10.3. The van der Waals surface area contributed by atoms with E-state index in [2.05, 4.69) is 32.6 Å². The van der Waals surface area contributed by atoms with Gasteiger partial charge in [-0.3, -0.25) is 9.36 Å². The molecule has 10 heteroatoms. The largest absolute Gasteiger partial charge is 0.497 e. The van der Waals surface area contributed by atoms with Crippen molar-refractivity contribution in [2.75, 3.05) is 18.2 Å². The lowest BCUT2D eigenvalue weighted by atomic mass is 10.1. The number of nitrogens with one attached hydrogen (secondary N) is 1. The van der Waals surface area contributed by atoms with Crippen LogP contribution in [0, 0.1) is 0 Å². The number of thioether (sulfide) groups is 1. The summed E-state index contributed by atoms with van der Waals surface area (Å²) in [6, 6.07) is 15.2. The minimum atomic E-state index is -0.111. The normalized spacial score (nSPS) is 10.9. The predicted molar refractivity (Wildman–Crippen MR) is 126 cm³/mol. The number of nitrogens with zero attached hydrogens (tertiary/aromatic N) is 5. The molecule has 170 valence electrons. The fourth-order valence-electron chi connectivity index (χ4n) is 3.21. The average molecular weight is 465 g/mol. The van der Waals surface area contributed by atoms with Gasteiger partial charge in [0.15, 0.2) is 5.16 Å². The zero-order valence-corrected chi connectivity index (χ0v) is 19.4. The first-order valence-corrected chi connectivity index (χ1v) is 11.5. The summed E-state index contributed by atoms with van der Waals surface area (Å²) in [5.41, 5.74) is 2.76. The molecule has 2 aromatic carbocycles. The van der Waals surface area contributed by atoms with Crippen LogP contribution in [0.25, 0.3) is 23.1 Å². The molecule has 1 amide bonds. The summed E-state index contributed by atoms with van der Waals surface area (Å²) in [6.07, 6.45) is 0.913. The number of aromatic nitrogens is 5. The number of anilines is 1. The highest BCUT2D eigenvalue weighted by Crippen LogP contribution is 2.26. The number of methoxy groups -OCH3 is 1. The smallest absolute Gasteiger partial charge is 0.296 e. The van der Waals surface area contributed by atoms with E-state index in [1.807, 2.05) is 60.0 Å². The Morgan fingerprint density at radius 2 is 1.97 bits per heavy atom. The number of amides is 1. The topological polar surface area (TPSA) is 108 Å². The number of carbonyl (C=O) groups is 1. The summed E-state index contributed by atoms with van der Waals surface area (Å²) in [5, 5.41) is 16.0. The molecule has 0 aliphatic rings. The van der Waals surface area contributed by atoms with Crippen molar-refractivity contribution < 1.29 is 14.1 Å². The van der Waals surface area contributed by atoms with Crippen LogP contribution in [0.2, 0.25) is 0 Å². The summed E-state index contributed by atoms with van der Waals surface area (Å²) in [4.78, 5) is 16.9. The molecule has 0 fully saturated rings. The summed E-state index contributed by atoms with van der Waals surface area (Å²) in [5.74, 6) is 2.01. The summed E-state index contributed by atoms with van der Waals surface area (Å²) in [7, 11) is 1.61. The number of hydrogen-bond donors (Lipinski definition) is 1. The van der Waals surface area contributed by atoms with Crippen molar-refractivity contribution in [3.63, 3.8) is 0 Å². The summed E-state index contributed by atoms with van der Waals surface area (Å²) >= 11 is 1.31. The predicted octanol–water partition coefficient (Wildman–Crippen LogP) is 4.32. The van der Waals surface area contributed by atoms with Crippen LogP contribution in [-0.2, 0) is 17.8 Å². The third kappa shape index (κ3) is 5.23. The molecule has 0 atom stereocenters. The van der Waals surface area contributed by atoms with Crippen LogP contribution in [0.3, 0.4) is 0 Å². The summed E-state index contributed by atoms with van der Waals surface area (Å²) in [6.45, 7) is 4.63. The van der Waals surface area contributed by atoms with Crippen molar-refractivity contribution in [1.82, 2.24) is 24.9 Å². The molecule has 0 saturated carbocycles. The van der Waals surface area contributed by atoms with Gasteiger partial charge in [0.2, 0.25) is 17.6 Å². The Labute approximate surface area is 195 Å². The van der Waals surface area contributed by atoms with Crippen molar-refractivity contribution in [3.05, 3.63) is 54.1 Å². The van der Waals surface area contributed by atoms with Crippen molar-refractivity contribution in [3.8, 4) is 28.9 Å². The number of ether oxygens (including phenoxy) is 1. The number of aryl methyl sites for hydroxylation is 1. The van der Waals surface area contributed by atoms with Gasteiger partial charge in [-0.15, -0.1) is 10.2 Å². The van der Waals surface area contributed by atoms with Crippen molar-refractivity contribution >= 4 is 23.4 Å². The van der Waals surface area contributed by atoms with E-state index in [9.17, 15) is 4.79 Å². The third-order valence-corrected chi connectivity index (χ3v) is 5.92. The van der Waals surface area contributed by atoms with Crippen LogP contribution in [-0.4, -0.2) is 43.7 Å². The molecule has 0 saturated heterocycles. The number of hydrogen-bond acceptors (Lipinski definition) is 8. The van der Waals surface area contributed by atoms with Gasteiger partial charge in [-0.05, 0) is 55.3 Å².